The van der Waals surface area contributed by atoms with Gasteiger partial charge in [0.15, 0.2) is 4.47 Å². The Morgan fingerprint density at radius 2 is 2.21 bits per heavy atom. The normalized spacial score (nSPS) is 28.2. The van der Waals surface area contributed by atoms with Crippen LogP contribution in [0.3, 0.4) is 0 Å². The van der Waals surface area contributed by atoms with Crippen molar-refractivity contribution in [3.63, 3.8) is 0 Å². The highest BCUT2D eigenvalue weighted by molar-refractivity contribution is 7.15. The largest absolute Gasteiger partial charge is 0.355 e. The van der Waals surface area contributed by atoms with E-state index in [4.69, 9.17) is 34.8 Å². The number of hydrogen-bond donors (Lipinski definition) is 1. The molecule has 7 heteroatoms. The summed E-state index contributed by atoms with van der Waals surface area (Å²) in [5.74, 6) is -0.0886. The molecule has 106 valence electrons. The Hall–Kier alpha value is -0.0300. The van der Waals surface area contributed by atoms with E-state index in [1.54, 1.807) is 6.20 Å². The average Bonchev–Trinajstić information content (AvgIpc) is 2.64. The first-order chi connectivity index (χ1) is 8.86. The standard InChI is InChI=1S/C12H15Cl3N2OS/c1-3-11(7(2)12(11,14)15)9(18)16-5-4-8-6-17-10(13)19-8/h6-7H,3-5H2,1-2H3,(H,16,18). The fourth-order valence-corrected chi connectivity index (χ4v) is 4.55. The average molecular weight is 342 g/mol. The summed E-state index contributed by atoms with van der Waals surface area (Å²) < 4.78 is -0.428. The van der Waals surface area contributed by atoms with Crippen LogP contribution >= 0.6 is 46.1 Å². The number of carbonyl (C=O) groups excluding carboxylic acids is 1. The van der Waals surface area contributed by atoms with Gasteiger partial charge in [0.2, 0.25) is 5.91 Å². The summed E-state index contributed by atoms with van der Waals surface area (Å²) in [7, 11) is 0. The van der Waals surface area contributed by atoms with Gasteiger partial charge in [0.05, 0.1) is 5.41 Å². The molecule has 0 bridgehead atoms. The number of thiazole rings is 1. The molecule has 0 radical (unpaired) electrons. The van der Waals surface area contributed by atoms with Crippen LogP contribution in [-0.4, -0.2) is 21.8 Å². The molecule has 2 rings (SSSR count). The summed E-state index contributed by atoms with van der Waals surface area (Å²) in [6, 6.07) is 0. The van der Waals surface area contributed by atoms with Crippen LogP contribution in [0.2, 0.25) is 4.47 Å². The number of amides is 1. The van der Waals surface area contributed by atoms with E-state index in [-0.39, 0.29) is 11.8 Å². The van der Waals surface area contributed by atoms with E-state index in [1.165, 1.54) is 11.3 Å². The van der Waals surface area contributed by atoms with Gasteiger partial charge in [-0.25, -0.2) is 4.98 Å². The number of halogens is 3. The maximum atomic E-state index is 12.3. The fraction of sp³-hybridized carbons (Fsp3) is 0.667. The molecule has 1 saturated carbocycles. The molecule has 3 nitrogen and oxygen atoms in total. The minimum Gasteiger partial charge on any atom is -0.355 e. The molecule has 1 aliphatic rings. The Bertz CT molecular complexity index is 491. The van der Waals surface area contributed by atoms with Crippen molar-refractivity contribution < 1.29 is 4.79 Å². The van der Waals surface area contributed by atoms with Crippen molar-refractivity contribution in [3.8, 4) is 0 Å². The number of carbonyl (C=O) groups is 1. The second kappa shape index (κ2) is 5.40. The molecular weight excluding hydrogens is 327 g/mol. The second-order valence-electron chi connectivity index (χ2n) is 4.75. The van der Waals surface area contributed by atoms with Crippen molar-refractivity contribution in [1.82, 2.24) is 10.3 Å². The quantitative estimate of drug-likeness (QED) is 0.830. The van der Waals surface area contributed by atoms with Gasteiger partial charge in [0, 0.05) is 30.0 Å². The summed E-state index contributed by atoms with van der Waals surface area (Å²) in [6.45, 7) is 4.38. The highest BCUT2D eigenvalue weighted by Gasteiger charge is 2.76. The van der Waals surface area contributed by atoms with Gasteiger partial charge in [-0.2, -0.15) is 0 Å². The molecule has 1 aromatic rings. The minimum absolute atomic E-state index is 0.0221. The van der Waals surface area contributed by atoms with Gasteiger partial charge in [-0.05, 0) is 6.42 Å². The van der Waals surface area contributed by atoms with Gasteiger partial charge >= 0.3 is 0 Å². The fourth-order valence-electron chi connectivity index (χ4n) is 2.55. The van der Waals surface area contributed by atoms with E-state index >= 15 is 0 Å². The predicted molar refractivity (Wildman–Crippen MR) is 80.2 cm³/mol. The highest BCUT2D eigenvalue weighted by atomic mass is 35.5. The summed E-state index contributed by atoms with van der Waals surface area (Å²) in [6.07, 6.45) is 3.07. The number of hydrogen-bond acceptors (Lipinski definition) is 3. The molecule has 1 N–H and O–H groups in total. The van der Waals surface area contributed by atoms with E-state index in [1.807, 2.05) is 13.8 Å². The SMILES string of the molecule is CCC1(C(=O)NCCc2cnc(Cl)s2)C(C)C1(Cl)Cl. The number of aromatic nitrogens is 1. The zero-order chi connectivity index (χ0) is 14.3. The number of nitrogens with one attached hydrogen (secondary N) is 1. The van der Waals surface area contributed by atoms with Crippen LogP contribution in [-0.2, 0) is 11.2 Å². The van der Waals surface area contributed by atoms with Gasteiger partial charge in [-0.15, -0.1) is 34.5 Å². The van der Waals surface area contributed by atoms with Gasteiger partial charge in [-0.1, -0.05) is 25.4 Å². The molecule has 0 aromatic carbocycles. The Morgan fingerprint density at radius 1 is 1.58 bits per heavy atom. The maximum Gasteiger partial charge on any atom is 0.229 e. The first kappa shape index (κ1) is 15.4. The molecule has 19 heavy (non-hydrogen) atoms. The van der Waals surface area contributed by atoms with Gasteiger partial charge in [0.1, 0.15) is 4.33 Å². The van der Waals surface area contributed by atoms with Crippen LogP contribution in [0, 0.1) is 11.3 Å². The Labute approximate surface area is 131 Å². The molecule has 0 aliphatic heterocycles. The van der Waals surface area contributed by atoms with Crippen molar-refractivity contribution in [2.75, 3.05) is 6.54 Å². The third kappa shape index (κ3) is 2.48. The Balaban J connectivity index is 1.88. The third-order valence-electron chi connectivity index (χ3n) is 3.94. The maximum absolute atomic E-state index is 12.3. The minimum atomic E-state index is -0.945. The number of nitrogens with zero attached hydrogens (tertiary/aromatic N) is 1. The lowest BCUT2D eigenvalue weighted by Gasteiger charge is -2.15. The van der Waals surface area contributed by atoms with E-state index in [9.17, 15) is 4.79 Å². The van der Waals surface area contributed by atoms with E-state index in [2.05, 4.69) is 10.3 Å². The first-order valence-corrected chi connectivity index (χ1v) is 8.07. The van der Waals surface area contributed by atoms with Crippen molar-refractivity contribution in [3.05, 3.63) is 15.5 Å². The van der Waals surface area contributed by atoms with Gasteiger partial charge < -0.3 is 5.32 Å². The van der Waals surface area contributed by atoms with E-state index in [0.29, 0.717) is 23.9 Å². The zero-order valence-electron chi connectivity index (χ0n) is 10.7. The molecular formula is C12H15Cl3N2OS. The molecule has 1 aromatic heterocycles. The van der Waals surface area contributed by atoms with Gasteiger partial charge in [0.25, 0.3) is 0 Å². The third-order valence-corrected chi connectivity index (χ3v) is 6.44. The summed E-state index contributed by atoms with van der Waals surface area (Å²) in [4.78, 5) is 17.3. The summed E-state index contributed by atoms with van der Waals surface area (Å²) >= 11 is 19.5. The molecule has 2 unspecified atom stereocenters. The summed E-state index contributed by atoms with van der Waals surface area (Å²) in [5.41, 5.74) is -0.651. The smallest absolute Gasteiger partial charge is 0.229 e. The first-order valence-electron chi connectivity index (χ1n) is 6.12. The van der Waals surface area contributed by atoms with Crippen molar-refractivity contribution >= 4 is 52.0 Å². The lowest BCUT2D eigenvalue weighted by Crippen LogP contribution is -2.36. The van der Waals surface area contributed by atoms with Crippen LogP contribution < -0.4 is 5.32 Å². The lowest BCUT2D eigenvalue weighted by atomic mass is 9.99. The number of alkyl halides is 2. The monoisotopic (exact) mass is 340 g/mol. The molecule has 0 saturated heterocycles. The molecule has 1 aliphatic carbocycles. The summed E-state index contributed by atoms with van der Waals surface area (Å²) in [5, 5.41) is 2.91. The van der Waals surface area contributed by atoms with E-state index < -0.39 is 9.75 Å². The van der Waals surface area contributed by atoms with Crippen LogP contribution in [0.25, 0.3) is 0 Å². The van der Waals surface area contributed by atoms with Crippen LogP contribution in [0.15, 0.2) is 6.20 Å². The lowest BCUT2D eigenvalue weighted by molar-refractivity contribution is -0.126. The molecule has 1 fully saturated rings. The van der Waals surface area contributed by atoms with Crippen molar-refractivity contribution in [1.29, 1.82) is 0 Å². The zero-order valence-corrected chi connectivity index (χ0v) is 13.8. The molecule has 2 atom stereocenters. The predicted octanol–water partition coefficient (Wildman–Crippen LogP) is 3.68. The van der Waals surface area contributed by atoms with E-state index in [0.717, 1.165) is 4.88 Å². The highest BCUT2D eigenvalue weighted by Crippen LogP contribution is 2.70. The Kier molecular flexibility index (Phi) is 4.36. The van der Waals surface area contributed by atoms with Crippen molar-refractivity contribution in [2.24, 2.45) is 11.3 Å². The van der Waals surface area contributed by atoms with Crippen LogP contribution in [0.1, 0.15) is 25.1 Å². The van der Waals surface area contributed by atoms with Crippen LogP contribution in [0.4, 0.5) is 0 Å². The molecule has 0 spiro atoms. The topological polar surface area (TPSA) is 42.0 Å². The number of rotatable bonds is 5. The van der Waals surface area contributed by atoms with Crippen LogP contribution in [0.5, 0.6) is 0 Å². The second-order valence-corrected chi connectivity index (χ2v) is 7.84. The molecule has 1 heterocycles. The van der Waals surface area contributed by atoms with Gasteiger partial charge in [-0.3, -0.25) is 4.79 Å². The molecule has 1 amide bonds. The Morgan fingerprint density at radius 3 is 2.63 bits per heavy atom. The van der Waals surface area contributed by atoms with Crippen molar-refractivity contribution in [2.45, 2.75) is 31.0 Å².